The van der Waals surface area contributed by atoms with E-state index in [1.807, 2.05) is 0 Å². The van der Waals surface area contributed by atoms with E-state index in [9.17, 15) is 0 Å². The number of nitrogens with zero attached hydrogens (tertiary/aromatic N) is 1. The van der Waals surface area contributed by atoms with Crippen LogP contribution in [0.4, 0.5) is 17.1 Å². The van der Waals surface area contributed by atoms with Gasteiger partial charge in [-0.3, -0.25) is 0 Å². The summed E-state index contributed by atoms with van der Waals surface area (Å²) in [6, 6.07) is 77.4. The Morgan fingerprint density at radius 2 is 0.830 bits per heavy atom. The summed E-state index contributed by atoms with van der Waals surface area (Å²) in [5, 5.41) is 9.88. The van der Waals surface area contributed by atoms with Gasteiger partial charge in [0.15, 0.2) is 0 Å². The third kappa shape index (κ3) is 5.42. The van der Waals surface area contributed by atoms with Crippen molar-refractivity contribution in [1.82, 2.24) is 0 Å². The van der Waals surface area contributed by atoms with Crippen LogP contribution in [-0.4, -0.2) is 0 Å². The molecule has 0 radical (unpaired) electrons. The van der Waals surface area contributed by atoms with Crippen LogP contribution in [0.1, 0.15) is 0 Å². The summed E-state index contributed by atoms with van der Waals surface area (Å²) in [6.45, 7) is 0. The Balaban J connectivity index is 1.31. The topological polar surface area (TPSA) is 3.24 Å². The fraction of sp³-hybridized carbons (Fsp3) is 0. The maximum absolute atomic E-state index is 2.45. The molecule has 0 heterocycles. The number of rotatable bonds is 6. The van der Waals surface area contributed by atoms with Gasteiger partial charge in [0.2, 0.25) is 0 Å². The summed E-state index contributed by atoms with van der Waals surface area (Å²) in [7, 11) is 0. The van der Waals surface area contributed by atoms with Gasteiger partial charge in [0.1, 0.15) is 0 Å². The fourth-order valence-corrected chi connectivity index (χ4v) is 8.13. The molecule has 0 spiro atoms. The van der Waals surface area contributed by atoms with Gasteiger partial charge in [-0.05, 0) is 107 Å². The van der Waals surface area contributed by atoms with Crippen molar-refractivity contribution in [3.63, 3.8) is 0 Å². The van der Waals surface area contributed by atoms with Crippen molar-refractivity contribution in [3.05, 3.63) is 212 Å². The summed E-state index contributed by atoms with van der Waals surface area (Å²) in [5.74, 6) is 0. The molecule has 0 atom stereocenters. The zero-order chi connectivity index (χ0) is 35.1. The molecule has 1 nitrogen and oxygen atoms in total. The molecule has 0 bridgehead atoms. The van der Waals surface area contributed by atoms with Gasteiger partial charge in [-0.25, -0.2) is 0 Å². The predicted molar refractivity (Wildman–Crippen MR) is 227 cm³/mol. The van der Waals surface area contributed by atoms with E-state index in [1.165, 1.54) is 76.5 Å². The van der Waals surface area contributed by atoms with E-state index >= 15 is 0 Å². The van der Waals surface area contributed by atoms with Crippen molar-refractivity contribution < 1.29 is 0 Å². The number of hydrogen-bond acceptors (Lipinski definition) is 1. The van der Waals surface area contributed by atoms with Crippen LogP contribution in [0, 0.1) is 0 Å². The van der Waals surface area contributed by atoms with Crippen molar-refractivity contribution >= 4 is 60.2 Å². The molecule has 53 heavy (non-hydrogen) atoms. The number of benzene rings is 10. The lowest BCUT2D eigenvalue weighted by molar-refractivity contribution is 1.29. The molecule has 0 amide bonds. The standard InChI is InChI=1S/C52H35N/c1-2-14-36(15-3-1)38-28-31-42(32-29-38)53(43-33-30-37-16-4-5-18-40(37)34-43)51-27-13-26-49(47-25-12-20-39-17-6-8-21-44(39)47)52(51)50-35-41-19-7-9-22-45(41)46-23-10-11-24-48(46)50/h1-35H. The van der Waals surface area contributed by atoms with Crippen molar-refractivity contribution in [2.45, 2.75) is 0 Å². The van der Waals surface area contributed by atoms with E-state index in [4.69, 9.17) is 0 Å². The number of anilines is 3. The molecule has 0 fully saturated rings. The average molecular weight is 674 g/mol. The molecule has 0 saturated carbocycles. The molecule has 0 aromatic heterocycles. The van der Waals surface area contributed by atoms with E-state index < -0.39 is 0 Å². The smallest absolute Gasteiger partial charge is 0.0546 e. The van der Waals surface area contributed by atoms with Crippen molar-refractivity contribution in [3.8, 4) is 33.4 Å². The molecule has 1 heteroatoms. The third-order valence-corrected chi connectivity index (χ3v) is 10.6. The van der Waals surface area contributed by atoms with E-state index in [1.54, 1.807) is 0 Å². The second-order valence-corrected chi connectivity index (χ2v) is 13.7. The Kier molecular flexibility index (Phi) is 7.55. The largest absolute Gasteiger partial charge is 0.310 e. The van der Waals surface area contributed by atoms with E-state index in [-0.39, 0.29) is 0 Å². The lowest BCUT2D eigenvalue weighted by Crippen LogP contribution is -2.12. The molecule has 0 aliphatic carbocycles. The van der Waals surface area contributed by atoms with Crippen LogP contribution >= 0.6 is 0 Å². The Morgan fingerprint density at radius 3 is 1.64 bits per heavy atom. The highest BCUT2D eigenvalue weighted by atomic mass is 15.1. The molecule has 10 rings (SSSR count). The van der Waals surface area contributed by atoms with Gasteiger partial charge in [0, 0.05) is 16.9 Å². The minimum atomic E-state index is 1.10. The summed E-state index contributed by atoms with van der Waals surface area (Å²) in [4.78, 5) is 2.45. The molecular weight excluding hydrogens is 639 g/mol. The molecule has 10 aromatic carbocycles. The summed E-state index contributed by atoms with van der Waals surface area (Å²) >= 11 is 0. The highest BCUT2D eigenvalue weighted by Crippen LogP contribution is 2.49. The fourth-order valence-electron chi connectivity index (χ4n) is 8.13. The Hall–Kier alpha value is -6.96. The van der Waals surface area contributed by atoms with Gasteiger partial charge in [0.25, 0.3) is 0 Å². The summed E-state index contributed by atoms with van der Waals surface area (Å²) in [6.07, 6.45) is 0. The Bertz CT molecular complexity index is 2940. The first-order valence-electron chi connectivity index (χ1n) is 18.3. The average Bonchev–Trinajstić information content (AvgIpc) is 3.24. The van der Waals surface area contributed by atoms with Crippen LogP contribution in [0.25, 0.3) is 76.5 Å². The highest BCUT2D eigenvalue weighted by Gasteiger charge is 2.23. The van der Waals surface area contributed by atoms with Gasteiger partial charge < -0.3 is 4.90 Å². The first kappa shape index (κ1) is 30.8. The molecule has 0 unspecified atom stereocenters. The van der Waals surface area contributed by atoms with Crippen LogP contribution in [-0.2, 0) is 0 Å². The normalized spacial score (nSPS) is 11.4. The van der Waals surface area contributed by atoms with Crippen LogP contribution in [0.2, 0.25) is 0 Å². The lowest BCUT2D eigenvalue weighted by Gasteiger charge is -2.30. The predicted octanol–water partition coefficient (Wildman–Crippen LogP) is 14.8. The second kappa shape index (κ2) is 13.0. The Morgan fingerprint density at radius 1 is 0.264 bits per heavy atom. The first-order valence-corrected chi connectivity index (χ1v) is 18.3. The maximum Gasteiger partial charge on any atom is 0.0546 e. The lowest BCUT2D eigenvalue weighted by atomic mass is 9.86. The van der Waals surface area contributed by atoms with Crippen molar-refractivity contribution in [2.24, 2.45) is 0 Å². The molecular formula is C52H35N. The maximum atomic E-state index is 2.45. The van der Waals surface area contributed by atoms with Crippen LogP contribution in [0.3, 0.4) is 0 Å². The minimum Gasteiger partial charge on any atom is -0.310 e. The molecule has 0 N–H and O–H groups in total. The number of hydrogen-bond donors (Lipinski definition) is 0. The summed E-state index contributed by atoms with van der Waals surface area (Å²) < 4.78 is 0. The molecule has 10 aromatic rings. The monoisotopic (exact) mass is 673 g/mol. The Labute approximate surface area is 309 Å². The van der Waals surface area contributed by atoms with Gasteiger partial charge in [-0.1, -0.05) is 176 Å². The minimum absolute atomic E-state index is 1.10. The van der Waals surface area contributed by atoms with Crippen molar-refractivity contribution in [2.75, 3.05) is 4.90 Å². The molecule has 0 aliphatic rings. The van der Waals surface area contributed by atoms with Gasteiger partial charge in [0.05, 0.1) is 5.69 Å². The van der Waals surface area contributed by atoms with Crippen LogP contribution in [0.5, 0.6) is 0 Å². The molecule has 0 aliphatic heterocycles. The zero-order valence-corrected chi connectivity index (χ0v) is 29.2. The highest BCUT2D eigenvalue weighted by molar-refractivity contribution is 6.17. The van der Waals surface area contributed by atoms with Crippen LogP contribution in [0.15, 0.2) is 212 Å². The number of fused-ring (bicyclic) bond motifs is 5. The van der Waals surface area contributed by atoms with E-state index in [0.29, 0.717) is 0 Å². The van der Waals surface area contributed by atoms with Gasteiger partial charge in [-0.2, -0.15) is 0 Å². The van der Waals surface area contributed by atoms with Gasteiger partial charge >= 0.3 is 0 Å². The van der Waals surface area contributed by atoms with Gasteiger partial charge in [-0.15, -0.1) is 0 Å². The second-order valence-electron chi connectivity index (χ2n) is 13.7. The summed E-state index contributed by atoms with van der Waals surface area (Å²) in [5.41, 5.74) is 10.6. The van der Waals surface area contributed by atoms with Crippen LogP contribution < -0.4 is 4.90 Å². The van der Waals surface area contributed by atoms with E-state index in [0.717, 1.165) is 17.1 Å². The molecule has 248 valence electrons. The molecule has 0 saturated heterocycles. The zero-order valence-electron chi connectivity index (χ0n) is 29.2. The first-order chi connectivity index (χ1) is 26.3. The quantitative estimate of drug-likeness (QED) is 0.159. The van der Waals surface area contributed by atoms with E-state index in [2.05, 4.69) is 217 Å². The third-order valence-electron chi connectivity index (χ3n) is 10.6. The van der Waals surface area contributed by atoms with Crippen molar-refractivity contribution in [1.29, 1.82) is 0 Å². The SMILES string of the molecule is c1ccc(-c2ccc(N(c3ccc4ccccc4c3)c3cccc(-c4cccc5ccccc45)c3-c3cc4ccccc4c4ccccc34)cc2)cc1.